The lowest BCUT2D eigenvalue weighted by Crippen LogP contribution is -2.32. The second-order valence-electron chi connectivity index (χ2n) is 4.88. The number of carbonyl (C=O) groups is 1. The minimum Gasteiger partial charge on any atom is -0.469 e. The molecule has 0 aromatic heterocycles. The summed E-state index contributed by atoms with van der Waals surface area (Å²) in [6, 6.07) is 14.7. The van der Waals surface area contributed by atoms with E-state index in [9.17, 15) is 4.79 Å². The number of hydrogen-bond acceptors (Lipinski definition) is 2. The number of carbonyl (C=O) groups excluding carboxylic acids is 1. The average Bonchev–Trinajstić information content (AvgIpc) is 2.38. The summed E-state index contributed by atoms with van der Waals surface area (Å²) < 4.78 is 4.88. The molecule has 3 rings (SSSR count). The van der Waals surface area contributed by atoms with Gasteiger partial charge in [-0.1, -0.05) is 42.5 Å². The third-order valence-electron chi connectivity index (χ3n) is 4.00. The molecule has 0 N–H and O–H groups in total. The van der Waals surface area contributed by atoms with Crippen LogP contribution in [0.5, 0.6) is 0 Å². The molecule has 2 aromatic rings. The summed E-state index contributed by atoms with van der Waals surface area (Å²) in [7, 11) is 1.47. The van der Waals surface area contributed by atoms with Gasteiger partial charge in [0.25, 0.3) is 0 Å². The number of esters is 1. The molecule has 0 aliphatic heterocycles. The molecule has 0 radical (unpaired) electrons. The Labute approximate surface area is 107 Å². The van der Waals surface area contributed by atoms with Crippen LogP contribution in [0, 0.1) is 5.92 Å². The van der Waals surface area contributed by atoms with Gasteiger partial charge in [-0.2, -0.15) is 0 Å². The Morgan fingerprint density at radius 1 is 1.11 bits per heavy atom. The number of benzene rings is 2. The van der Waals surface area contributed by atoms with Crippen LogP contribution in [-0.4, -0.2) is 13.1 Å². The molecule has 1 aliphatic rings. The first-order chi connectivity index (χ1) is 8.81. The Morgan fingerprint density at radius 3 is 2.61 bits per heavy atom. The van der Waals surface area contributed by atoms with Crippen LogP contribution < -0.4 is 0 Å². The molecule has 1 saturated carbocycles. The zero-order chi connectivity index (χ0) is 12.5. The van der Waals surface area contributed by atoms with Crippen molar-refractivity contribution < 1.29 is 9.53 Å². The Balaban J connectivity index is 2.02. The van der Waals surface area contributed by atoms with Crippen molar-refractivity contribution in [1.29, 1.82) is 0 Å². The van der Waals surface area contributed by atoms with Crippen LogP contribution in [0.15, 0.2) is 42.5 Å². The lowest BCUT2D eigenvalue weighted by Gasteiger charge is -2.35. The highest BCUT2D eigenvalue weighted by Crippen LogP contribution is 2.45. The molecule has 0 amide bonds. The highest BCUT2D eigenvalue weighted by atomic mass is 16.5. The molecule has 0 unspecified atom stereocenters. The van der Waals surface area contributed by atoms with Crippen molar-refractivity contribution >= 4 is 16.7 Å². The van der Waals surface area contributed by atoms with Crippen molar-refractivity contribution in [3.05, 3.63) is 48.0 Å². The van der Waals surface area contributed by atoms with Gasteiger partial charge < -0.3 is 4.74 Å². The van der Waals surface area contributed by atoms with E-state index >= 15 is 0 Å². The van der Waals surface area contributed by atoms with Crippen molar-refractivity contribution in [2.75, 3.05) is 7.11 Å². The highest BCUT2D eigenvalue weighted by molar-refractivity contribution is 5.87. The van der Waals surface area contributed by atoms with Gasteiger partial charge >= 0.3 is 5.97 Å². The quantitative estimate of drug-likeness (QED) is 0.751. The summed E-state index contributed by atoms with van der Waals surface area (Å²) in [5.41, 5.74) is 1.29. The maximum Gasteiger partial charge on any atom is 0.309 e. The van der Waals surface area contributed by atoms with Crippen LogP contribution in [-0.2, 0) is 9.53 Å². The molecule has 2 heteroatoms. The van der Waals surface area contributed by atoms with Crippen LogP contribution >= 0.6 is 0 Å². The highest BCUT2D eigenvalue weighted by Gasteiger charge is 2.38. The fourth-order valence-corrected chi connectivity index (χ4v) is 2.88. The monoisotopic (exact) mass is 240 g/mol. The first kappa shape index (κ1) is 11.3. The van der Waals surface area contributed by atoms with Crippen LogP contribution in [0.3, 0.4) is 0 Å². The molecule has 1 fully saturated rings. The summed E-state index contributed by atoms with van der Waals surface area (Å²) in [5, 5.41) is 2.50. The van der Waals surface area contributed by atoms with Gasteiger partial charge in [0.05, 0.1) is 13.0 Å². The maximum atomic E-state index is 11.7. The summed E-state index contributed by atoms with van der Waals surface area (Å²) in [5.74, 6) is 0.295. The van der Waals surface area contributed by atoms with Crippen molar-refractivity contribution in [3.8, 4) is 0 Å². The van der Waals surface area contributed by atoms with Crippen LogP contribution in [0.2, 0.25) is 0 Å². The number of fused-ring (bicyclic) bond motifs is 1. The fourth-order valence-electron chi connectivity index (χ4n) is 2.88. The number of ether oxygens (including phenoxy) is 1. The molecule has 2 nitrogen and oxygen atoms in total. The molecule has 0 heterocycles. The van der Waals surface area contributed by atoms with E-state index in [1.54, 1.807) is 0 Å². The maximum absolute atomic E-state index is 11.7. The molecular weight excluding hydrogens is 224 g/mol. The van der Waals surface area contributed by atoms with Gasteiger partial charge in [-0.15, -0.1) is 0 Å². The predicted molar refractivity (Wildman–Crippen MR) is 71.4 cm³/mol. The lowest BCUT2D eigenvalue weighted by molar-refractivity contribution is -0.149. The summed E-state index contributed by atoms with van der Waals surface area (Å²) in [6.07, 6.45) is 2.02. The first-order valence-electron chi connectivity index (χ1n) is 6.37. The SMILES string of the molecule is COC(=O)[C@@H]1CC[C@H]1c1cccc2ccccc12. The number of methoxy groups -OCH3 is 1. The molecule has 18 heavy (non-hydrogen) atoms. The lowest BCUT2D eigenvalue weighted by atomic mass is 9.69. The van der Waals surface area contributed by atoms with E-state index in [1.807, 2.05) is 6.07 Å². The molecule has 2 aromatic carbocycles. The van der Waals surface area contributed by atoms with Gasteiger partial charge in [-0.3, -0.25) is 4.79 Å². The van der Waals surface area contributed by atoms with Gasteiger partial charge in [0.15, 0.2) is 0 Å². The smallest absolute Gasteiger partial charge is 0.309 e. The van der Waals surface area contributed by atoms with Gasteiger partial charge in [0, 0.05) is 0 Å². The van der Waals surface area contributed by atoms with Crippen molar-refractivity contribution in [2.24, 2.45) is 5.92 Å². The standard InChI is InChI=1S/C16H16O2/c1-18-16(17)15-10-9-14(15)13-8-4-6-11-5-2-3-7-12(11)13/h2-8,14-15H,9-10H2,1H3/t14-,15+/m0/s1. The molecule has 2 atom stereocenters. The Hall–Kier alpha value is -1.83. The van der Waals surface area contributed by atoms with Crippen molar-refractivity contribution in [2.45, 2.75) is 18.8 Å². The summed E-state index contributed by atoms with van der Waals surface area (Å²) >= 11 is 0. The van der Waals surface area contributed by atoms with E-state index in [4.69, 9.17) is 4.74 Å². The van der Waals surface area contributed by atoms with E-state index in [0.29, 0.717) is 5.92 Å². The largest absolute Gasteiger partial charge is 0.469 e. The Kier molecular flexibility index (Phi) is 2.78. The van der Waals surface area contributed by atoms with E-state index < -0.39 is 0 Å². The van der Waals surface area contributed by atoms with E-state index in [0.717, 1.165) is 12.8 Å². The Bertz CT molecular complexity index is 583. The van der Waals surface area contributed by atoms with Crippen molar-refractivity contribution in [3.63, 3.8) is 0 Å². The predicted octanol–water partition coefficient (Wildman–Crippen LogP) is 3.51. The molecule has 0 bridgehead atoms. The second-order valence-corrected chi connectivity index (χ2v) is 4.88. The van der Waals surface area contributed by atoms with E-state index in [1.165, 1.54) is 23.4 Å². The molecular formula is C16H16O2. The molecule has 0 saturated heterocycles. The fraction of sp³-hybridized carbons (Fsp3) is 0.312. The van der Waals surface area contributed by atoms with Gasteiger partial charge in [0.2, 0.25) is 0 Å². The summed E-state index contributed by atoms with van der Waals surface area (Å²) in [4.78, 5) is 11.7. The van der Waals surface area contributed by atoms with E-state index in [2.05, 4.69) is 36.4 Å². The summed E-state index contributed by atoms with van der Waals surface area (Å²) in [6.45, 7) is 0. The third kappa shape index (κ3) is 1.69. The van der Waals surface area contributed by atoms with Gasteiger partial charge in [-0.25, -0.2) is 0 Å². The van der Waals surface area contributed by atoms with Gasteiger partial charge in [-0.05, 0) is 35.1 Å². The van der Waals surface area contributed by atoms with Crippen LogP contribution in [0.1, 0.15) is 24.3 Å². The minimum atomic E-state index is -0.0702. The Morgan fingerprint density at radius 2 is 1.89 bits per heavy atom. The number of hydrogen-bond donors (Lipinski definition) is 0. The molecule has 1 aliphatic carbocycles. The van der Waals surface area contributed by atoms with Gasteiger partial charge in [0.1, 0.15) is 0 Å². The minimum absolute atomic E-state index is 0.0424. The first-order valence-corrected chi connectivity index (χ1v) is 6.37. The second kappa shape index (κ2) is 4.45. The third-order valence-corrected chi connectivity index (χ3v) is 4.00. The average molecular weight is 240 g/mol. The normalized spacial score (nSPS) is 22.5. The van der Waals surface area contributed by atoms with Crippen LogP contribution in [0.4, 0.5) is 0 Å². The topological polar surface area (TPSA) is 26.3 Å². The number of rotatable bonds is 2. The van der Waals surface area contributed by atoms with E-state index in [-0.39, 0.29) is 11.9 Å². The van der Waals surface area contributed by atoms with Crippen molar-refractivity contribution in [1.82, 2.24) is 0 Å². The van der Waals surface area contributed by atoms with Crippen LogP contribution in [0.25, 0.3) is 10.8 Å². The zero-order valence-electron chi connectivity index (χ0n) is 10.4. The zero-order valence-corrected chi connectivity index (χ0v) is 10.4. The molecule has 92 valence electrons. The molecule has 0 spiro atoms.